The van der Waals surface area contributed by atoms with Gasteiger partial charge in [-0.2, -0.15) is 0 Å². The molecule has 0 aromatic carbocycles. The average molecular weight is 1020 g/mol. The number of carbonyl (C=O) groups excluding carboxylic acids is 3. The van der Waals surface area contributed by atoms with Crippen LogP contribution in [0, 0.1) is 0 Å². The van der Waals surface area contributed by atoms with Crippen LogP contribution in [0.25, 0.3) is 0 Å². The Hall–Kier alpha value is -4.71. The second-order valence-electron chi connectivity index (χ2n) is 19.1. The van der Waals surface area contributed by atoms with Crippen molar-refractivity contribution in [3.63, 3.8) is 0 Å². The van der Waals surface area contributed by atoms with Crippen molar-refractivity contribution in [3.8, 4) is 0 Å². The first kappa shape index (κ1) is 69.3. The third kappa shape index (κ3) is 58.2. The maximum absolute atomic E-state index is 12.9. The summed E-state index contributed by atoms with van der Waals surface area (Å²) in [5.74, 6) is -0.984. The first-order chi connectivity index (χ1) is 36.5. The number of esters is 3. The van der Waals surface area contributed by atoms with E-state index in [9.17, 15) is 14.4 Å². The van der Waals surface area contributed by atoms with E-state index in [4.69, 9.17) is 14.2 Å². The van der Waals surface area contributed by atoms with E-state index in [0.29, 0.717) is 25.7 Å². The fraction of sp³-hybridized carbons (Fsp3) is 0.603. The standard InChI is InChI=1S/C68H108O6/c1-4-7-10-13-16-19-22-25-28-29-30-31-32-33-34-35-36-37-38-39-41-43-46-49-52-55-58-61-67(70)73-64-65(63-72-66(69)60-57-54-51-48-45-42-27-24-21-18-15-12-9-6-3)74-68(71)62-59-56-53-50-47-44-40-26-23-20-17-14-11-8-5-2/h7-8,10-11,16-17,19-20,24-28,30-31,33-34,36-37,39-41,46,49,65H,4-6,9,12-15,18,21-23,29,32,35,38,42-45,47-48,50-64H2,1-3H3/b10-7-,11-8-,19-16-,20-17-,27-24-,28-25-,31-30-,34-33-,37-36-,40-26-,41-39-,49-46-. The Morgan fingerprint density at radius 2 is 0.527 bits per heavy atom. The summed E-state index contributed by atoms with van der Waals surface area (Å²) in [4.78, 5) is 38.2. The van der Waals surface area contributed by atoms with Crippen molar-refractivity contribution in [2.24, 2.45) is 0 Å². The SMILES string of the molecule is CC/C=C\C/C=C\C/C=C\C/C=C\C/C=C\C/C=C\C/C=C\C/C=C\CCCCC(=O)OCC(COC(=O)CCCCCCC/C=C\CCCCCCC)OC(=O)CCCCCCC/C=C\C/C=C\C/C=C\CC. The van der Waals surface area contributed by atoms with E-state index in [1.54, 1.807) is 0 Å². The van der Waals surface area contributed by atoms with Gasteiger partial charge in [0.2, 0.25) is 0 Å². The van der Waals surface area contributed by atoms with Gasteiger partial charge < -0.3 is 14.2 Å². The van der Waals surface area contributed by atoms with Crippen LogP contribution in [0.4, 0.5) is 0 Å². The lowest BCUT2D eigenvalue weighted by molar-refractivity contribution is -0.167. The molecule has 0 saturated heterocycles. The molecule has 0 aromatic heterocycles. The smallest absolute Gasteiger partial charge is 0.306 e. The van der Waals surface area contributed by atoms with Gasteiger partial charge in [-0.25, -0.2) is 0 Å². The molecule has 0 aliphatic carbocycles. The van der Waals surface area contributed by atoms with Crippen LogP contribution in [0.5, 0.6) is 0 Å². The molecule has 0 aliphatic rings. The van der Waals surface area contributed by atoms with Crippen molar-refractivity contribution in [2.75, 3.05) is 13.2 Å². The molecule has 416 valence electrons. The lowest BCUT2D eigenvalue weighted by Gasteiger charge is -2.18. The highest BCUT2D eigenvalue weighted by Crippen LogP contribution is 2.13. The molecule has 6 nitrogen and oxygen atoms in total. The number of unbranched alkanes of at least 4 members (excludes halogenated alkanes) is 17. The number of hydrogen-bond donors (Lipinski definition) is 0. The van der Waals surface area contributed by atoms with Crippen molar-refractivity contribution in [1.82, 2.24) is 0 Å². The molecule has 0 aliphatic heterocycles. The molecule has 1 atom stereocenters. The van der Waals surface area contributed by atoms with Crippen molar-refractivity contribution >= 4 is 17.9 Å². The minimum absolute atomic E-state index is 0.108. The molecule has 0 spiro atoms. The van der Waals surface area contributed by atoms with Crippen LogP contribution in [-0.4, -0.2) is 37.2 Å². The molecule has 0 amide bonds. The number of ether oxygens (including phenoxy) is 3. The second kappa shape index (κ2) is 60.8. The fourth-order valence-corrected chi connectivity index (χ4v) is 7.64. The number of hydrogen-bond acceptors (Lipinski definition) is 6. The highest BCUT2D eigenvalue weighted by molar-refractivity contribution is 5.71. The van der Waals surface area contributed by atoms with Crippen LogP contribution in [0.3, 0.4) is 0 Å². The Labute approximate surface area is 455 Å². The Morgan fingerprint density at radius 1 is 0.284 bits per heavy atom. The summed E-state index contributed by atoms with van der Waals surface area (Å²) in [5.41, 5.74) is 0. The monoisotopic (exact) mass is 1020 g/mol. The van der Waals surface area contributed by atoms with Gasteiger partial charge >= 0.3 is 17.9 Å². The predicted octanol–water partition coefficient (Wildman–Crippen LogP) is 20.4. The van der Waals surface area contributed by atoms with Crippen molar-refractivity contribution in [2.45, 2.75) is 252 Å². The highest BCUT2D eigenvalue weighted by atomic mass is 16.6. The summed E-state index contributed by atoms with van der Waals surface area (Å²) >= 11 is 0. The Kier molecular flexibility index (Phi) is 57.0. The van der Waals surface area contributed by atoms with E-state index in [1.165, 1.54) is 44.9 Å². The number of rotatable bonds is 52. The van der Waals surface area contributed by atoms with E-state index < -0.39 is 6.10 Å². The molecular formula is C68H108O6. The zero-order valence-corrected chi connectivity index (χ0v) is 47.5. The maximum Gasteiger partial charge on any atom is 0.306 e. The zero-order valence-electron chi connectivity index (χ0n) is 47.5. The summed E-state index contributed by atoms with van der Waals surface area (Å²) < 4.78 is 16.8. The third-order valence-corrected chi connectivity index (χ3v) is 12.1. The third-order valence-electron chi connectivity index (χ3n) is 12.1. The Morgan fingerprint density at radius 3 is 0.865 bits per heavy atom. The molecule has 0 heterocycles. The van der Waals surface area contributed by atoms with Gasteiger partial charge in [0.15, 0.2) is 6.10 Å². The van der Waals surface area contributed by atoms with Gasteiger partial charge in [0.25, 0.3) is 0 Å². The van der Waals surface area contributed by atoms with Gasteiger partial charge in [0.05, 0.1) is 0 Å². The predicted molar refractivity (Wildman–Crippen MR) is 320 cm³/mol. The largest absolute Gasteiger partial charge is 0.462 e. The van der Waals surface area contributed by atoms with Crippen LogP contribution in [0.15, 0.2) is 146 Å². The van der Waals surface area contributed by atoms with Crippen molar-refractivity contribution in [3.05, 3.63) is 146 Å². The van der Waals surface area contributed by atoms with Gasteiger partial charge in [-0.3, -0.25) is 14.4 Å². The first-order valence-electron chi connectivity index (χ1n) is 29.8. The normalized spacial score (nSPS) is 13.2. The summed E-state index contributed by atoms with van der Waals surface area (Å²) in [6, 6.07) is 0. The van der Waals surface area contributed by atoms with E-state index in [0.717, 1.165) is 154 Å². The van der Waals surface area contributed by atoms with Crippen molar-refractivity contribution in [1.29, 1.82) is 0 Å². The van der Waals surface area contributed by atoms with Gasteiger partial charge in [-0.15, -0.1) is 0 Å². The first-order valence-corrected chi connectivity index (χ1v) is 29.8. The minimum Gasteiger partial charge on any atom is -0.462 e. The minimum atomic E-state index is -0.815. The molecule has 6 heteroatoms. The molecule has 0 aromatic rings. The molecule has 1 unspecified atom stereocenters. The molecule has 0 rings (SSSR count). The number of allylic oxidation sites excluding steroid dienone is 24. The van der Waals surface area contributed by atoms with E-state index in [2.05, 4.69) is 167 Å². The number of carbonyl (C=O) groups is 3. The van der Waals surface area contributed by atoms with Crippen LogP contribution < -0.4 is 0 Å². The summed E-state index contributed by atoms with van der Waals surface area (Å²) in [5, 5.41) is 0. The fourth-order valence-electron chi connectivity index (χ4n) is 7.64. The van der Waals surface area contributed by atoms with E-state index >= 15 is 0 Å². The summed E-state index contributed by atoms with van der Waals surface area (Å²) in [6.07, 6.45) is 87.0. The molecule has 0 radical (unpaired) electrons. The van der Waals surface area contributed by atoms with Crippen molar-refractivity contribution < 1.29 is 28.6 Å². The molecule has 0 bridgehead atoms. The average Bonchev–Trinajstić information content (AvgIpc) is 3.40. The topological polar surface area (TPSA) is 78.9 Å². The maximum atomic E-state index is 12.9. The van der Waals surface area contributed by atoms with Crippen LogP contribution >= 0.6 is 0 Å². The second-order valence-corrected chi connectivity index (χ2v) is 19.1. The van der Waals surface area contributed by atoms with Gasteiger partial charge in [0.1, 0.15) is 13.2 Å². The lowest BCUT2D eigenvalue weighted by atomic mass is 10.1. The lowest BCUT2D eigenvalue weighted by Crippen LogP contribution is -2.30. The van der Waals surface area contributed by atoms with Gasteiger partial charge in [0, 0.05) is 19.3 Å². The van der Waals surface area contributed by atoms with Crippen LogP contribution in [0.1, 0.15) is 245 Å². The Bertz CT molecular complexity index is 1640. The quantitative estimate of drug-likeness (QED) is 0.0261. The van der Waals surface area contributed by atoms with Gasteiger partial charge in [-0.1, -0.05) is 231 Å². The van der Waals surface area contributed by atoms with Gasteiger partial charge in [-0.05, 0) is 141 Å². The summed E-state index contributed by atoms with van der Waals surface area (Å²) in [7, 11) is 0. The van der Waals surface area contributed by atoms with E-state index in [-0.39, 0.29) is 31.1 Å². The molecule has 74 heavy (non-hydrogen) atoms. The molecule has 0 fully saturated rings. The molecule has 0 N–H and O–H groups in total. The zero-order chi connectivity index (χ0) is 53.6. The summed E-state index contributed by atoms with van der Waals surface area (Å²) in [6.45, 7) is 6.34. The Balaban J connectivity index is 4.47. The molecular weight excluding hydrogens is 913 g/mol. The van der Waals surface area contributed by atoms with Crippen LogP contribution in [0.2, 0.25) is 0 Å². The molecule has 0 saturated carbocycles. The van der Waals surface area contributed by atoms with Crippen LogP contribution in [-0.2, 0) is 28.6 Å². The van der Waals surface area contributed by atoms with E-state index in [1.807, 2.05) is 0 Å². The highest BCUT2D eigenvalue weighted by Gasteiger charge is 2.19.